The summed E-state index contributed by atoms with van der Waals surface area (Å²) in [6.07, 6.45) is 0.846. The molecule has 0 spiro atoms. The molecule has 0 aliphatic heterocycles. The van der Waals surface area contributed by atoms with Gasteiger partial charge in [-0.1, -0.05) is 72.3 Å². The first-order valence-electron chi connectivity index (χ1n) is 8.74. The second-order valence-electron chi connectivity index (χ2n) is 6.03. The molecule has 3 aromatic carbocycles. The van der Waals surface area contributed by atoms with Crippen molar-refractivity contribution in [2.45, 2.75) is 0 Å². The Morgan fingerprint density at radius 2 is 1.31 bits per heavy atom. The molecule has 0 aliphatic carbocycles. The molecule has 2 N–H and O–H groups in total. The molecule has 29 heavy (non-hydrogen) atoms. The summed E-state index contributed by atoms with van der Waals surface area (Å²) in [5.74, 6) is -2.23. The van der Waals surface area contributed by atoms with Gasteiger partial charge in [0.05, 0.1) is 5.71 Å². The summed E-state index contributed by atoms with van der Waals surface area (Å²) < 4.78 is 0. The van der Waals surface area contributed by atoms with Gasteiger partial charge in [-0.05, 0) is 24.3 Å². The van der Waals surface area contributed by atoms with Crippen molar-refractivity contribution >= 4 is 34.8 Å². The third-order valence-electron chi connectivity index (χ3n) is 4.00. The van der Waals surface area contributed by atoms with Crippen LogP contribution >= 0.6 is 11.6 Å². The Morgan fingerprint density at radius 1 is 0.793 bits per heavy atom. The van der Waals surface area contributed by atoms with Gasteiger partial charge >= 0.3 is 5.91 Å². The molecule has 0 heterocycles. The Hall–Kier alpha value is -3.70. The highest BCUT2D eigenvalue weighted by molar-refractivity contribution is 6.41. The van der Waals surface area contributed by atoms with Crippen LogP contribution in [0.15, 0.2) is 96.1 Å². The van der Waals surface area contributed by atoms with Crippen LogP contribution in [0.5, 0.6) is 0 Å². The van der Waals surface area contributed by atoms with Crippen molar-refractivity contribution in [1.82, 2.24) is 5.43 Å². The van der Waals surface area contributed by atoms with Crippen LogP contribution in [0.1, 0.15) is 16.7 Å². The van der Waals surface area contributed by atoms with Gasteiger partial charge in [0, 0.05) is 27.8 Å². The number of carbonyl (C=O) groups is 2. The number of nitrogens with zero attached hydrogens (tertiary/aromatic N) is 1. The zero-order valence-electron chi connectivity index (χ0n) is 15.2. The Balaban J connectivity index is 1.80. The molecule has 0 aliphatic rings. The number of hydrogen-bond donors (Lipinski definition) is 2. The predicted molar refractivity (Wildman–Crippen MR) is 114 cm³/mol. The SMILES string of the molecule is O=C(/C=C(\O)c1ccc(Cl)cc1)C(=O)NN=C(c1ccccc1)c1ccccc1. The lowest BCUT2D eigenvalue weighted by Crippen LogP contribution is -2.27. The lowest BCUT2D eigenvalue weighted by molar-refractivity contribution is -0.135. The third-order valence-corrected chi connectivity index (χ3v) is 4.25. The van der Waals surface area contributed by atoms with E-state index in [4.69, 9.17) is 11.6 Å². The molecule has 1 amide bonds. The average Bonchev–Trinajstić information content (AvgIpc) is 2.75. The van der Waals surface area contributed by atoms with Crippen LogP contribution in [0.3, 0.4) is 0 Å². The van der Waals surface area contributed by atoms with Crippen molar-refractivity contribution in [3.8, 4) is 0 Å². The molecule has 0 unspecified atom stereocenters. The van der Waals surface area contributed by atoms with Crippen LogP contribution < -0.4 is 5.43 Å². The summed E-state index contributed by atoms with van der Waals surface area (Å²) in [5, 5.41) is 14.7. The Morgan fingerprint density at radius 3 is 1.83 bits per heavy atom. The van der Waals surface area contributed by atoms with Gasteiger partial charge < -0.3 is 5.11 Å². The molecular weight excluding hydrogens is 388 g/mol. The van der Waals surface area contributed by atoms with Crippen LogP contribution in [0.4, 0.5) is 0 Å². The second-order valence-corrected chi connectivity index (χ2v) is 6.47. The van der Waals surface area contributed by atoms with Gasteiger partial charge in [-0.25, -0.2) is 5.43 Å². The minimum Gasteiger partial charge on any atom is -0.507 e. The molecule has 0 aromatic heterocycles. The number of ketones is 1. The summed E-state index contributed by atoms with van der Waals surface area (Å²) in [6, 6.07) is 24.8. The Kier molecular flexibility index (Phi) is 6.55. The van der Waals surface area contributed by atoms with Crippen molar-refractivity contribution < 1.29 is 14.7 Å². The minimum absolute atomic E-state index is 0.336. The number of nitrogens with one attached hydrogen (secondary N) is 1. The van der Waals surface area contributed by atoms with Crippen molar-refractivity contribution in [2.24, 2.45) is 5.10 Å². The van der Waals surface area contributed by atoms with Gasteiger partial charge in [-0.2, -0.15) is 5.10 Å². The van der Waals surface area contributed by atoms with Crippen molar-refractivity contribution in [3.05, 3.63) is 113 Å². The fraction of sp³-hybridized carbons (Fsp3) is 0. The summed E-state index contributed by atoms with van der Waals surface area (Å²) >= 11 is 5.80. The molecule has 0 atom stereocenters. The van der Waals surface area contributed by atoms with Crippen LogP contribution in [0, 0.1) is 0 Å². The smallest absolute Gasteiger partial charge is 0.311 e. The van der Waals surface area contributed by atoms with Gasteiger partial charge in [0.1, 0.15) is 5.76 Å². The van der Waals surface area contributed by atoms with Crippen LogP contribution in [-0.4, -0.2) is 22.5 Å². The maximum atomic E-state index is 12.2. The number of benzene rings is 3. The number of carbonyl (C=O) groups excluding carboxylic acids is 2. The molecule has 6 heteroatoms. The van der Waals surface area contributed by atoms with E-state index >= 15 is 0 Å². The normalized spacial score (nSPS) is 10.9. The Bertz CT molecular complexity index is 1020. The molecule has 3 rings (SSSR count). The number of aliphatic hydroxyl groups is 1. The highest BCUT2D eigenvalue weighted by atomic mass is 35.5. The van der Waals surface area contributed by atoms with Crippen LogP contribution in [0.2, 0.25) is 5.02 Å². The van der Waals surface area contributed by atoms with Crippen molar-refractivity contribution in [1.29, 1.82) is 0 Å². The van der Waals surface area contributed by atoms with E-state index in [1.165, 1.54) is 0 Å². The van der Waals surface area contributed by atoms with E-state index in [2.05, 4.69) is 10.5 Å². The molecule has 0 saturated carbocycles. The first-order valence-corrected chi connectivity index (χ1v) is 9.12. The standard InChI is InChI=1S/C23H17ClN2O3/c24-19-13-11-16(12-14-19)20(27)15-21(28)23(29)26-25-22(17-7-3-1-4-8-17)18-9-5-2-6-10-18/h1-15,27H,(H,26,29)/b20-15-. The fourth-order valence-corrected chi connectivity index (χ4v) is 2.67. The predicted octanol–water partition coefficient (Wildman–Crippen LogP) is 4.38. The molecule has 3 aromatic rings. The monoisotopic (exact) mass is 404 g/mol. The zero-order valence-corrected chi connectivity index (χ0v) is 16.0. The first kappa shape index (κ1) is 20.0. The van der Waals surface area contributed by atoms with Gasteiger partial charge in [0.2, 0.25) is 5.78 Å². The molecular formula is C23H17ClN2O3. The Labute approximate surface area is 173 Å². The largest absolute Gasteiger partial charge is 0.507 e. The minimum atomic E-state index is -0.963. The van der Waals surface area contributed by atoms with Crippen LogP contribution in [0.25, 0.3) is 5.76 Å². The van der Waals surface area contributed by atoms with E-state index in [-0.39, 0.29) is 5.76 Å². The maximum absolute atomic E-state index is 12.2. The van der Waals surface area contributed by atoms with Gasteiger partial charge in [-0.3, -0.25) is 9.59 Å². The fourth-order valence-electron chi connectivity index (χ4n) is 2.54. The summed E-state index contributed by atoms with van der Waals surface area (Å²) in [7, 11) is 0. The van der Waals surface area contributed by atoms with Gasteiger partial charge in [-0.15, -0.1) is 0 Å². The van der Waals surface area contributed by atoms with E-state index in [9.17, 15) is 14.7 Å². The average molecular weight is 405 g/mol. The third kappa shape index (κ3) is 5.40. The quantitative estimate of drug-likeness (QED) is 0.210. The highest BCUT2D eigenvalue weighted by Crippen LogP contribution is 2.15. The first-order chi connectivity index (χ1) is 14.0. The van der Waals surface area contributed by atoms with Crippen molar-refractivity contribution in [2.75, 3.05) is 0 Å². The van der Waals surface area contributed by atoms with E-state index in [0.29, 0.717) is 16.3 Å². The molecule has 0 radical (unpaired) electrons. The molecule has 0 saturated heterocycles. The van der Waals surface area contributed by atoms with Gasteiger partial charge in [0.25, 0.3) is 0 Å². The lowest BCUT2D eigenvalue weighted by atomic mass is 10.0. The van der Waals surface area contributed by atoms with Crippen LogP contribution in [-0.2, 0) is 9.59 Å². The van der Waals surface area contributed by atoms with Gasteiger partial charge in [0.15, 0.2) is 0 Å². The van der Waals surface area contributed by atoms with E-state index in [1.807, 2.05) is 60.7 Å². The number of amides is 1. The number of rotatable bonds is 6. The highest BCUT2D eigenvalue weighted by Gasteiger charge is 2.14. The van der Waals surface area contributed by atoms with E-state index in [0.717, 1.165) is 17.2 Å². The number of hydrazone groups is 1. The topological polar surface area (TPSA) is 78.8 Å². The maximum Gasteiger partial charge on any atom is 0.311 e. The zero-order chi connectivity index (χ0) is 20.6. The summed E-state index contributed by atoms with van der Waals surface area (Å²) in [4.78, 5) is 24.3. The van der Waals surface area contributed by atoms with E-state index < -0.39 is 11.7 Å². The second kappa shape index (κ2) is 9.48. The van der Waals surface area contributed by atoms with Crippen molar-refractivity contribution in [3.63, 3.8) is 0 Å². The lowest BCUT2D eigenvalue weighted by Gasteiger charge is -2.07. The molecule has 5 nitrogen and oxygen atoms in total. The molecule has 144 valence electrons. The summed E-state index contributed by atoms with van der Waals surface area (Å²) in [5.41, 5.74) is 4.72. The van der Waals surface area contributed by atoms with E-state index in [1.54, 1.807) is 24.3 Å². The molecule has 0 bridgehead atoms. The number of halogens is 1. The number of hydrogen-bond acceptors (Lipinski definition) is 4. The number of aliphatic hydroxyl groups excluding tert-OH is 1. The summed E-state index contributed by atoms with van der Waals surface area (Å²) in [6.45, 7) is 0. The molecule has 0 fully saturated rings.